The van der Waals surface area contributed by atoms with E-state index in [9.17, 15) is 14.9 Å². The molecule has 0 atom stereocenters. The highest BCUT2D eigenvalue weighted by molar-refractivity contribution is 5.81. The van der Waals surface area contributed by atoms with Crippen LogP contribution in [0.15, 0.2) is 0 Å². The minimum Gasteiger partial charge on any atom is -0.299 e. The third-order valence-electron chi connectivity index (χ3n) is 2.71. The Kier molecular flexibility index (Phi) is 5.00. The van der Waals surface area contributed by atoms with Crippen molar-refractivity contribution in [3.05, 3.63) is 21.5 Å². The van der Waals surface area contributed by atoms with Gasteiger partial charge in [-0.15, -0.1) is 0 Å². The fraction of sp³-hybridized carbons (Fsp3) is 0.667. The number of hydrogen-bond acceptors (Lipinski definition) is 4. The lowest BCUT2D eigenvalue weighted by Gasteiger charge is -2.04. The number of nitrogens with zero attached hydrogens (tertiary/aromatic N) is 3. The average Bonchev–Trinajstić information content (AvgIpc) is 2.56. The predicted octanol–water partition coefficient (Wildman–Crippen LogP) is 2.42. The molecule has 0 radical (unpaired) electrons. The first-order valence-electron chi connectivity index (χ1n) is 6.23. The topological polar surface area (TPSA) is 78.0 Å². The summed E-state index contributed by atoms with van der Waals surface area (Å²) in [7, 11) is 0. The van der Waals surface area contributed by atoms with Gasteiger partial charge in [-0.3, -0.25) is 19.6 Å². The second kappa shape index (κ2) is 6.28. The highest BCUT2D eigenvalue weighted by atomic mass is 16.6. The molecule has 0 fully saturated rings. The van der Waals surface area contributed by atoms with Crippen LogP contribution in [0.3, 0.4) is 0 Å². The van der Waals surface area contributed by atoms with Crippen molar-refractivity contribution in [2.45, 2.75) is 53.0 Å². The Bertz CT molecular complexity index is 452. The molecule has 18 heavy (non-hydrogen) atoms. The highest BCUT2D eigenvalue weighted by Gasteiger charge is 2.26. The summed E-state index contributed by atoms with van der Waals surface area (Å²) in [6, 6.07) is 0. The second-order valence-corrected chi connectivity index (χ2v) is 4.33. The Balaban J connectivity index is 3.11. The van der Waals surface area contributed by atoms with Gasteiger partial charge in [0.25, 0.3) is 0 Å². The van der Waals surface area contributed by atoms with Gasteiger partial charge in [0.15, 0.2) is 0 Å². The first-order valence-corrected chi connectivity index (χ1v) is 6.23. The summed E-state index contributed by atoms with van der Waals surface area (Å²) in [6.07, 6.45) is 2.14. The molecule has 0 N–H and O–H groups in total. The van der Waals surface area contributed by atoms with E-state index in [1.54, 1.807) is 11.6 Å². The van der Waals surface area contributed by atoms with Crippen LogP contribution in [0.5, 0.6) is 0 Å². The van der Waals surface area contributed by atoms with E-state index in [4.69, 9.17) is 0 Å². The van der Waals surface area contributed by atoms with E-state index in [-0.39, 0.29) is 17.9 Å². The number of carbonyl (C=O) groups is 1. The molecule has 0 saturated heterocycles. The Morgan fingerprint density at radius 1 is 1.39 bits per heavy atom. The SMILES string of the molecule is CCCC(=O)Cc1c([N+](=O)[O-])c(C)nn1CCC. The maximum Gasteiger partial charge on any atom is 0.313 e. The molecule has 0 aliphatic carbocycles. The monoisotopic (exact) mass is 253 g/mol. The van der Waals surface area contributed by atoms with E-state index in [2.05, 4.69) is 5.10 Å². The molecule has 6 heteroatoms. The van der Waals surface area contributed by atoms with Gasteiger partial charge in [0, 0.05) is 13.0 Å². The van der Waals surface area contributed by atoms with Crippen LogP contribution in [0.1, 0.15) is 44.5 Å². The Labute approximate surface area is 106 Å². The van der Waals surface area contributed by atoms with Gasteiger partial charge in [-0.2, -0.15) is 5.10 Å². The predicted molar refractivity (Wildman–Crippen MR) is 67.5 cm³/mol. The number of hydrogen-bond donors (Lipinski definition) is 0. The maximum absolute atomic E-state index is 11.7. The fourth-order valence-electron chi connectivity index (χ4n) is 1.98. The third kappa shape index (κ3) is 3.15. The van der Waals surface area contributed by atoms with Gasteiger partial charge in [0.1, 0.15) is 17.2 Å². The molecule has 1 rings (SSSR count). The standard InChI is InChI=1S/C12H19N3O3/c1-4-6-10(16)8-11-12(15(17)18)9(3)13-14(11)7-5-2/h4-8H2,1-3H3. The first-order chi connectivity index (χ1) is 8.51. The van der Waals surface area contributed by atoms with Gasteiger partial charge in [-0.25, -0.2) is 0 Å². The van der Waals surface area contributed by atoms with Gasteiger partial charge in [0.2, 0.25) is 0 Å². The van der Waals surface area contributed by atoms with Gasteiger partial charge < -0.3 is 0 Å². The van der Waals surface area contributed by atoms with E-state index in [0.29, 0.717) is 24.4 Å². The van der Waals surface area contributed by atoms with Crippen LogP contribution < -0.4 is 0 Å². The van der Waals surface area contributed by atoms with Crippen LogP contribution in [-0.2, 0) is 17.8 Å². The molecular formula is C12H19N3O3. The minimum absolute atomic E-state index is 0.00657. The zero-order valence-electron chi connectivity index (χ0n) is 11.1. The molecule has 0 spiro atoms. The smallest absolute Gasteiger partial charge is 0.299 e. The van der Waals surface area contributed by atoms with Crippen molar-refractivity contribution in [1.82, 2.24) is 9.78 Å². The largest absolute Gasteiger partial charge is 0.313 e. The lowest BCUT2D eigenvalue weighted by Crippen LogP contribution is -2.11. The molecule has 0 unspecified atom stereocenters. The number of nitro groups is 1. The van der Waals surface area contributed by atoms with Crippen molar-refractivity contribution in [3.63, 3.8) is 0 Å². The van der Waals surface area contributed by atoms with Gasteiger partial charge >= 0.3 is 5.69 Å². The van der Waals surface area contributed by atoms with Crippen molar-refractivity contribution in [3.8, 4) is 0 Å². The first kappa shape index (κ1) is 14.3. The molecule has 100 valence electrons. The molecule has 0 amide bonds. The van der Waals surface area contributed by atoms with Crippen molar-refractivity contribution < 1.29 is 9.72 Å². The van der Waals surface area contributed by atoms with E-state index in [1.807, 2.05) is 13.8 Å². The quantitative estimate of drug-likeness (QED) is 0.552. The third-order valence-corrected chi connectivity index (χ3v) is 2.71. The fourth-order valence-corrected chi connectivity index (χ4v) is 1.98. The number of Topliss-reactive ketones (excluding diaryl/α,β-unsaturated/α-hetero) is 1. The van der Waals surface area contributed by atoms with E-state index < -0.39 is 4.92 Å². The molecule has 1 heterocycles. The number of carbonyl (C=O) groups excluding carboxylic acids is 1. The maximum atomic E-state index is 11.7. The van der Waals surface area contributed by atoms with Crippen molar-refractivity contribution in [1.29, 1.82) is 0 Å². The lowest BCUT2D eigenvalue weighted by atomic mass is 10.1. The van der Waals surface area contributed by atoms with Gasteiger partial charge in [-0.05, 0) is 19.8 Å². The Morgan fingerprint density at radius 3 is 2.56 bits per heavy atom. The van der Waals surface area contributed by atoms with E-state index in [0.717, 1.165) is 12.8 Å². The Hall–Kier alpha value is -1.72. The summed E-state index contributed by atoms with van der Waals surface area (Å²) in [5, 5.41) is 15.2. The molecule has 1 aromatic rings. The van der Waals surface area contributed by atoms with Crippen LogP contribution in [0.2, 0.25) is 0 Å². The molecule has 0 aromatic carbocycles. The zero-order valence-corrected chi connectivity index (χ0v) is 11.1. The number of aromatic nitrogens is 2. The van der Waals surface area contributed by atoms with Crippen molar-refractivity contribution in [2.75, 3.05) is 0 Å². The molecule has 0 bridgehead atoms. The molecule has 0 aliphatic rings. The molecule has 0 aliphatic heterocycles. The van der Waals surface area contributed by atoms with Crippen LogP contribution in [0, 0.1) is 17.0 Å². The number of aryl methyl sites for hydroxylation is 2. The molecular weight excluding hydrogens is 234 g/mol. The normalized spacial score (nSPS) is 10.6. The second-order valence-electron chi connectivity index (χ2n) is 4.33. The van der Waals surface area contributed by atoms with Gasteiger partial charge in [0.05, 0.1) is 11.3 Å². The van der Waals surface area contributed by atoms with Gasteiger partial charge in [-0.1, -0.05) is 13.8 Å². The summed E-state index contributed by atoms with van der Waals surface area (Å²) < 4.78 is 1.60. The summed E-state index contributed by atoms with van der Waals surface area (Å²) in [6.45, 7) is 6.10. The van der Waals surface area contributed by atoms with Crippen LogP contribution >= 0.6 is 0 Å². The molecule has 0 saturated carbocycles. The number of ketones is 1. The van der Waals surface area contributed by atoms with Crippen molar-refractivity contribution in [2.24, 2.45) is 0 Å². The summed E-state index contributed by atoms with van der Waals surface area (Å²) in [5.41, 5.74) is 0.818. The number of rotatable bonds is 7. The van der Waals surface area contributed by atoms with Crippen LogP contribution in [0.4, 0.5) is 5.69 Å². The summed E-state index contributed by atoms with van der Waals surface area (Å²) >= 11 is 0. The summed E-state index contributed by atoms with van der Waals surface area (Å²) in [4.78, 5) is 22.3. The molecule has 6 nitrogen and oxygen atoms in total. The lowest BCUT2D eigenvalue weighted by molar-refractivity contribution is -0.386. The zero-order chi connectivity index (χ0) is 13.7. The average molecular weight is 253 g/mol. The Morgan fingerprint density at radius 2 is 2.06 bits per heavy atom. The molecule has 1 aromatic heterocycles. The van der Waals surface area contributed by atoms with Crippen LogP contribution in [-0.4, -0.2) is 20.5 Å². The van der Waals surface area contributed by atoms with E-state index >= 15 is 0 Å². The highest BCUT2D eigenvalue weighted by Crippen LogP contribution is 2.24. The van der Waals surface area contributed by atoms with E-state index in [1.165, 1.54) is 0 Å². The summed E-state index contributed by atoms with van der Waals surface area (Å²) in [5.74, 6) is 0.0258. The van der Waals surface area contributed by atoms with Crippen molar-refractivity contribution >= 4 is 11.5 Å². The van der Waals surface area contributed by atoms with Crippen LogP contribution in [0.25, 0.3) is 0 Å². The minimum atomic E-state index is -0.441.